The number of rotatable bonds is 14. The van der Waals surface area contributed by atoms with E-state index >= 15 is 0 Å². The van der Waals surface area contributed by atoms with Crippen LogP contribution in [0.3, 0.4) is 0 Å². The van der Waals surface area contributed by atoms with Gasteiger partial charge in [0.05, 0.1) is 5.69 Å². The average molecular weight is 670 g/mol. The van der Waals surface area contributed by atoms with Crippen molar-refractivity contribution < 1.29 is 44.9 Å². The monoisotopic (exact) mass is 669 g/mol. The first-order valence-electron chi connectivity index (χ1n) is 9.90. The lowest BCUT2D eigenvalue weighted by molar-refractivity contribution is 0.175. The molecule has 0 radical (unpaired) electrons. The van der Waals surface area contributed by atoms with E-state index in [0.29, 0.717) is 11.3 Å². The summed E-state index contributed by atoms with van der Waals surface area (Å²) in [7, 11) is 10.9. The Balaban J connectivity index is -0.00000148. The lowest BCUT2D eigenvalue weighted by Crippen LogP contribution is -2.13. The Bertz CT molecular complexity index is 900. The van der Waals surface area contributed by atoms with Gasteiger partial charge in [-0.25, -0.2) is 17.6 Å². The van der Waals surface area contributed by atoms with Crippen LogP contribution in [-0.4, -0.2) is 63.1 Å². The van der Waals surface area contributed by atoms with Crippen LogP contribution in [0.4, 0.5) is 23.2 Å². The van der Waals surface area contributed by atoms with Crippen LogP contribution in [0.5, 0.6) is 28.7 Å². The Labute approximate surface area is 242 Å². The molecule has 0 bridgehead atoms. The summed E-state index contributed by atoms with van der Waals surface area (Å²) >= 11 is -0.973. The molecule has 17 heteroatoms. The number of para-hydroxylation sites is 1. The number of anilines is 1. The van der Waals surface area contributed by atoms with Crippen molar-refractivity contribution in [1.82, 2.24) is 0 Å². The second kappa shape index (κ2) is 29.1. The van der Waals surface area contributed by atoms with Crippen molar-refractivity contribution in [1.29, 1.82) is 0 Å². The number of thioether (sulfide) groups is 1. The summed E-state index contributed by atoms with van der Waals surface area (Å²) in [6.45, 7) is -4.75. The van der Waals surface area contributed by atoms with E-state index in [2.05, 4.69) is 65.4 Å². The molecule has 2 rings (SSSR count). The Morgan fingerprint density at radius 1 is 0.769 bits per heavy atom. The summed E-state index contributed by atoms with van der Waals surface area (Å²) in [5.41, 5.74) is 0.479. The molecule has 0 saturated carbocycles. The normalized spacial score (nSPS) is 9.56. The molecule has 0 spiro atoms. The third kappa shape index (κ3) is 16.1. The molecular weight excluding hydrogens is 638 g/mol. The van der Waals surface area contributed by atoms with Gasteiger partial charge in [-0.1, -0.05) is 31.3 Å². The summed E-state index contributed by atoms with van der Waals surface area (Å²) in [6, 6.07) is 6.63. The highest BCUT2D eigenvalue weighted by Crippen LogP contribution is 2.39. The van der Waals surface area contributed by atoms with Crippen LogP contribution in [0, 0.1) is 0 Å². The first-order chi connectivity index (χ1) is 19.1. The maximum Gasteiger partial charge on any atom is 0.316 e. The molecule has 1 atom stereocenters. The minimum atomic E-state index is -2.34. The Kier molecular flexibility index (Phi) is 31.1. The molecule has 2 aromatic carbocycles. The maximum absolute atomic E-state index is 12.8. The summed E-state index contributed by atoms with van der Waals surface area (Å²) < 4.78 is 90.3. The topological polar surface area (TPSA) is 75.3 Å². The minimum Gasteiger partial charge on any atom is -0.462 e. The van der Waals surface area contributed by atoms with Crippen molar-refractivity contribution in [2.45, 2.75) is 5.75 Å². The molecule has 7 nitrogen and oxygen atoms in total. The van der Waals surface area contributed by atoms with Crippen LogP contribution in [0.2, 0.25) is 0 Å². The minimum absolute atomic E-state index is 0.0462. The second-order valence-corrected chi connectivity index (χ2v) is 7.11. The zero-order valence-electron chi connectivity index (χ0n) is 21.0. The van der Waals surface area contributed by atoms with Gasteiger partial charge in [0.15, 0.2) is 11.5 Å². The molecule has 1 unspecified atom stereocenters. The van der Waals surface area contributed by atoms with Crippen LogP contribution >= 0.6 is 47.2 Å². The number of ether oxygens (including phenoxy) is 4. The van der Waals surface area contributed by atoms with Gasteiger partial charge in [0, 0.05) is 23.4 Å². The molecular formula is C22H31F4NO6P4S2. The number of nitrogens with one attached hydrogen (secondary N) is 1. The molecule has 0 fully saturated rings. The lowest BCUT2D eigenvalue weighted by atomic mass is 10.2. The SMILES string of the molecule is C=P.C=P.C=P.C=P.CSCc1c(OCF)cc(NS(=O)Oc2c(OCF)cccc2OCF)cc1OCF. The Morgan fingerprint density at radius 2 is 1.15 bits per heavy atom. The number of benzene rings is 2. The molecule has 0 amide bonds. The molecule has 0 aliphatic heterocycles. The van der Waals surface area contributed by atoms with Crippen LogP contribution in [0.25, 0.3) is 0 Å². The third-order valence-corrected chi connectivity index (χ3v) is 4.90. The number of hydrogen-bond donors (Lipinski definition) is 1. The summed E-state index contributed by atoms with van der Waals surface area (Å²) in [6.07, 6.45) is 14.0. The van der Waals surface area contributed by atoms with E-state index in [1.54, 1.807) is 6.26 Å². The van der Waals surface area contributed by atoms with Crippen LogP contribution in [0.15, 0.2) is 30.3 Å². The molecule has 0 aromatic heterocycles. The summed E-state index contributed by atoms with van der Waals surface area (Å²) in [5.74, 6) is -0.246. The molecule has 0 heterocycles. The van der Waals surface area contributed by atoms with E-state index < -0.39 is 38.7 Å². The van der Waals surface area contributed by atoms with Gasteiger partial charge in [-0.15, -0.1) is 35.5 Å². The molecule has 0 aliphatic rings. The van der Waals surface area contributed by atoms with Gasteiger partial charge in [0.2, 0.25) is 33.2 Å². The van der Waals surface area contributed by atoms with Gasteiger partial charge in [0.1, 0.15) is 11.5 Å². The van der Waals surface area contributed by atoms with Gasteiger partial charge in [-0.3, -0.25) is 4.72 Å². The smallest absolute Gasteiger partial charge is 0.316 e. The fraction of sp³-hybridized carbons (Fsp3) is 0.273. The van der Waals surface area contributed by atoms with Crippen LogP contribution in [-0.2, 0) is 17.0 Å². The fourth-order valence-electron chi connectivity index (χ4n) is 2.46. The maximum atomic E-state index is 12.8. The van der Waals surface area contributed by atoms with Gasteiger partial charge in [-0.05, 0) is 18.4 Å². The molecule has 220 valence electrons. The van der Waals surface area contributed by atoms with Crippen LogP contribution in [0.1, 0.15) is 5.56 Å². The molecule has 39 heavy (non-hydrogen) atoms. The quantitative estimate of drug-likeness (QED) is 0.170. The second-order valence-electron chi connectivity index (χ2n) is 5.40. The highest BCUT2D eigenvalue weighted by atomic mass is 32.2. The average Bonchev–Trinajstić information content (AvgIpc) is 2.97. The lowest BCUT2D eigenvalue weighted by Gasteiger charge is -2.17. The van der Waals surface area contributed by atoms with E-state index in [-0.39, 0.29) is 34.4 Å². The number of halogens is 4. The van der Waals surface area contributed by atoms with Crippen LogP contribution < -0.4 is 27.9 Å². The van der Waals surface area contributed by atoms with Crippen molar-refractivity contribution in [2.75, 3.05) is 38.4 Å². The molecule has 1 N–H and O–H groups in total. The van der Waals surface area contributed by atoms with E-state index in [1.165, 1.54) is 42.1 Å². The summed E-state index contributed by atoms with van der Waals surface area (Å²) in [5, 5.41) is 0. The van der Waals surface area contributed by atoms with Gasteiger partial charge < -0.3 is 23.1 Å². The molecule has 0 saturated heterocycles. The van der Waals surface area contributed by atoms with Crippen molar-refractivity contribution in [3.8, 4) is 28.7 Å². The Morgan fingerprint density at radius 3 is 1.51 bits per heavy atom. The standard InChI is InChI=1S/C18H19F4NO6S2.4CH3P/c1-30-7-13-16(27-10-21)5-12(6-17(13)28-11-22)23-31(24)29-18-14(25-8-19)3-2-4-15(18)26-9-20;4*1-2/h2-6,23H,7-11H2,1H3;4*2H,1H2. The predicted octanol–water partition coefficient (Wildman–Crippen LogP) is 7.09. The van der Waals surface area contributed by atoms with Gasteiger partial charge in [0.25, 0.3) is 0 Å². The van der Waals surface area contributed by atoms with Crippen molar-refractivity contribution in [3.63, 3.8) is 0 Å². The number of hydrogen-bond acceptors (Lipinski definition) is 7. The highest BCUT2D eigenvalue weighted by Gasteiger charge is 2.19. The zero-order chi connectivity index (χ0) is 30.6. The highest BCUT2D eigenvalue weighted by molar-refractivity contribution is 7.97. The van der Waals surface area contributed by atoms with E-state index in [1.807, 2.05) is 0 Å². The van der Waals surface area contributed by atoms with E-state index in [0.717, 1.165) is 0 Å². The summed E-state index contributed by atoms with van der Waals surface area (Å²) in [4.78, 5) is 0. The largest absolute Gasteiger partial charge is 0.462 e. The van der Waals surface area contributed by atoms with Crippen molar-refractivity contribution >= 4 is 89.4 Å². The number of alkyl halides is 4. The van der Waals surface area contributed by atoms with Gasteiger partial charge in [-0.2, -0.15) is 16.0 Å². The van der Waals surface area contributed by atoms with Crippen molar-refractivity contribution in [3.05, 3.63) is 35.9 Å². The predicted molar refractivity (Wildman–Crippen MR) is 171 cm³/mol. The first kappa shape index (κ1) is 41.6. The third-order valence-electron chi connectivity index (χ3n) is 3.60. The van der Waals surface area contributed by atoms with E-state index in [9.17, 15) is 21.8 Å². The first-order valence-corrected chi connectivity index (χ1v) is 15.2. The zero-order valence-corrected chi connectivity index (χ0v) is 26.7. The fourth-order valence-corrected chi connectivity index (χ4v) is 3.70. The van der Waals surface area contributed by atoms with E-state index in [4.69, 9.17) is 23.1 Å². The molecule has 0 aliphatic carbocycles. The van der Waals surface area contributed by atoms with Crippen molar-refractivity contribution in [2.24, 2.45) is 0 Å². The Hall–Kier alpha value is -1.86. The van der Waals surface area contributed by atoms with Gasteiger partial charge >= 0.3 is 11.3 Å². The molecule has 2 aromatic rings.